The summed E-state index contributed by atoms with van der Waals surface area (Å²) in [4.78, 5) is 10.7. The summed E-state index contributed by atoms with van der Waals surface area (Å²) in [5.74, 6) is 1.77. The van der Waals surface area contributed by atoms with Gasteiger partial charge in [-0.25, -0.2) is 4.39 Å². The minimum absolute atomic E-state index is 0. The van der Waals surface area contributed by atoms with Crippen LogP contribution >= 0.6 is 24.0 Å². The number of nitrogens with one attached hydrogen (secondary N) is 1. The van der Waals surface area contributed by atoms with E-state index in [1.54, 1.807) is 19.1 Å². The Kier molecular flexibility index (Phi) is 8.66. The molecule has 1 heterocycles. The van der Waals surface area contributed by atoms with Crippen molar-refractivity contribution in [2.45, 2.75) is 26.8 Å². The topological polar surface area (TPSA) is 66.5 Å². The van der Waals surface area contributed by atoms with Crippen LogP contribution in [0.4, 0.5) is 4.39 Å². The summed E-state index contributed by atoms with van der Waals surface area (Å²) in [5, 5.41) is 7.00. The van der Waals surface area contributed by atoms with Gasteiger partial charge in [-0.2, -0.15) is 4.98 Å². The third-order valence-electron chi connectivity index (χ3n) is 3.19. The highest BCUT2D eigenvalue weighted by molar-refractivity contribution is 14.0. The molecule has 1 N–H and O–H groups in total. The fourth-order valence-electron chi connectivity index (χ4n) is 2.11. The molecule has 0 amide bonds. The predicted octanol–water partition coefficient (Wildman–Crippen LogP) is 2.78. The van der Waals surface area contributed by atoms with Crippen LogP contribution in [0.5, 0.6) is 0 Å². The van der Waals surface area contributed by atoms with E-state index in [0.717, 1.165) is 18.1 Å². The highest BCUT2D eigenvalue weighted by Gasteiger charge is 2.07. The zero-order valence-electron chi connectivity index (χ0n) is 14.1. The lowest BCUT2D eigenvalue weighted by molar-refractivity contribution is 0.375. The van der Waals surface area contributed by atoms with Crippen LogP contribution in [0, 0.1) is 12.7 Å². The second-order valence-electron chi connectivity index (χ2n) is 5.20. The van der Waals surface area contributed by atoms with Crippen LogP contribution in [-0.2, 0) is 13.0 Å². The molecule has 8 heteroatoms. The van der Waals surface area contributed by atoms with Crippen molar-refractivity contribution in [3.63, 3.8) is 0 Å². The molecular formula is C16H23FIN5O. The van der Waals surface area contributed by atoms with E-state index in [0.29, 0.717) is 31.2 Å². The second kappa shape index (κ2) is 10.2. The van der Waals surface area contributed by atoms with Crippen LogP contribution < -0.4 is 5.32 Å². The molecule has 0 fully saturated rings. The molecule has 132 valence electrons. The Bertz CT molecular complexity index is 644. The van der Waals surface area contributed by atoms with Gasteiger partial charge < -0.3 is 14.7 Å². The fraction of sp³-hybridized carbons (Fsp3) is 0.438. The lowest BCUT2D eigenvalue weighted by Gasteiger charge is -2.22. The number of hydrogen-bond acceptors (Lipinski definition) is 4. The van der Waals surface area contributed by atoms with Gasteiger partial charge in [-0.3, -0.25) is 4.99 Å². The molecule has 0 aliphatic rings. The van der Waals surface area contributed by atoms with E-state index in [9.17, 15) is 4.39 Å². The quantitative estimate of drug-likeness (QED) is 0.419. The molecule has 6 nitrogen and oxygen atoms in total. The third-order valence-corrected chi connectivity index (χ3v) is 3.19. The molecule has 2 aromatic rings. The SMILES string of the molecule is CCNC(=NCCc1nc(C)no1)N(C)Cc1ccc(F)cc1.I. The Balaban J connectivity index is 0.00000288. The van der Waals surface area contributed by atoms with E-state index in [1.807, 2.05) is 18.9 Å². The van der Waals surface area contributed by atoms with Crippen LogP contribution in [0.1, 0.15) is 24.2 Å². The highest BCUT2D eigenvalue weighted by atomic mass is 127. The van der Waals surface area contributed by atoms with Crippen molar-refractivity contribution in [3.05, 3.63) is 47.4 Å². The van der Waals surface area contributed by atoms with Gasteiger partial charge in [0.05, 0.1) is 6.54 Å². The van der Waals surface area contributed by atoms with Crippen molar-refractivity contribution in [2.24, 2.45) is 4.99 Å². The second-order valence-corrected chi connectivity index (χ2v) is 5.20. The summed E-state index contributed by atoms with van der Waals surface area (Å²) in [5.41, 5.74) is 1.02. The Labute approximate surface area is 158 Å². The maximum absolute atomic E-state index is 13.0. The summed E-state index contributed by atoms with van der Waals surface area (Å²) in [6.07, 6.45) is 0.597. The molecule has 0 saturated carbocycles. The molecule has 0 atom stereocenters. The third kappa shape index (κ3) is 6.42. The lowest BCUT2D eigenvalue weighted by atomic mass is 10.2. The lowest BCUT2D eigenvalue weighted by Crippen LogP contribution is -2.38. The number of guanidine groups is 1. The molecule has 0 saturated heterocycles. The summed E-state index contributed by atoms with van der Waals surface area (Å²) < 4.78 is 18.0. The van der Waals surface area contributed by atoms with E-state index in [2.05, 4.69) is 20.4 Å². The minimum atomic E-state index is -0.230. The van der Waals surface area contributed by atoms with Crippen molar-refractivity contribution < 1.29 is 8.91 Å². The highest BCUT2D eigenvalue weighted by Crippen LogP contribution is 2.06. The van der Waals surface area contributed by atoms with Crippen LogP contribution in [-0.4, -0.2) is 41.1 Å². The summed E-state index contributed by atoms with van der Waals surface area (Å²) in [6.45, 7) is 5.77. The number of benzene rings is 1. The average Bonchev–Trinajstić information content (AvgIpc) is 2.94. The number of halogens is 2. The summed E-state index contributed by atoms with van der Waals surface area (Å²) in [6, 6.07) is 6.48. The van der Waals surface area contributed by atoms with E-state index >= 15 is 0 Å². The Morgan fingerprint density at radius 3 is 2.62 bits per heavy atom. The molecule has 0 spiro atoms. The smallest absolute Gasteiger partial charge is 0.228 e. The normalized spacial score (nSPS) is 11.1. The van der Waals surface area contributed by atoms with Crippen molar-refractivity contribution >= 4 is 29.9 Å². The largest absolute Gasteiger partial charge is 0.357 e. The van der Waals surface area contributed by atoms with Crippen LogP contribution in [0.3, 0.4) is 0 Å². The molecule has 0 aliphatic heterocycles. The molecule has 0 aliphatic carbocycles. The van der Waals surface area contributed by atoms with Gasteiger partial charge in [0, 0.05) is 26.6 Å². The maximum atomic E-state index is 13.0. The first-order valence-corrected chi connectivity index (χ1v) is 7.61. The maximum Gasteiger partial charge on any atom is 0.228 e. The first-order valence-electron chi connectivity index (χ1n) is 7.61. The average molecular weight is 447 g/mol. The van der Waals surface area contributed by atoms with Crippen LogP contribution in [0.2, 0.25) is 0 Å². The van der Waals surface area contributed by atoms with Gasteiger partial charge in [0.25, 0.3) is 0 Å². The van der Waals surface area contributed by atoms with Gasteiger partial charge in [0.2, 0.25) is 5.89 Å². The van der Waals surface area contributed by atoms with Gasteiger partial charge in [0.15, 0.2) is 11.8 Å². The number of hydrogen-bond donors (Lipinski definition) is 1. The number of rotatable bonds is 6. The Morgan fingerprint density at radius 1 is 1.33 bits per heavy atom. The van der Waals surface area contributed by atoms with Crippen LogP contribution in [0.15, 0.2) is 33.8 Å². The number of aromatic nitrogens is 2. The predicted molar refractivity (Wildman–Crippen MR) is 102 cm³/mol. The summed E-state index contributed by atoms with van der Waals surface area (Å²) in [7, 11) is 1.95. The number of nitrogens with zero attached hydrogens (tertiary/aromatic N) is 4. The molecule has 1 aromatic carbocycles. The van der Waals surface area contributed by atoms with Gasteiger partial charge in [-0.15, -0.1) is 24.0 Å². The molecule has 24 heavy (non-hydrogen) atoms. The molecule has 0 radical (unpaired) electrons. The van der Waals surface area contributed by atoms with Gasteiger partial charge in [0.1, 0.15) is 5.82 Å². The molecule has 2 rings (SSSR count). The molecule has 0 bridgehead atoms. The van der Waals surface area contributed by atoms with Crippen molar-refractivity contribution in [2.75, 3.05) is 20.1 Å². The van der Waals surface area contributed by atoms with Crippen molar-refractivity contribution in [1.29, 1.82) is 0 Å². The van der Waals surface area contributed by atoms with Gasteiger partial charge in [-0.1, -0.05) is 17.3 Å². The van der Waals surface area contributed by atoms with E-state index in [1.165, 1.54) is 12.1 Å². The number of aryl methyl sites for hydroxylation is 1. The number of aliphatic imine (C=N–C) groups is 1. The van der Waals surface area contributed by atoms with E-state index < -0.39 is 0 Å². The molecule has 0 unspecified atom stereocenters. The van der Waals surface area contributed by atoms with E-state index in [-0.39, 0.29) is 29.8 Å². The Hall–Kier alpha value is -1.71. The molecule has 1 aromatic heterocycles. The fourth-order valence-corrected chi connectivity index (χ4v) is 2.11. The van der Waals surface area contributed by atoms with Gasteiger partial charge >= 0.3 is 0 Å². The zero-order valence-corrected chi connectivity index (χ0v) is 16.5. The first kappa shape index (κ1) is 20.3. The standard InChI is InChI=1S/C16H22FN5O.HI/c1-4-18-16(19-10-9-15-20-12(2)21-23-15)22(3)11-13-5-7-14(17)8-6-13;/h5-8H,4,9-11H2,1-3H3,(H,18,19);1H. The summed E-state index contributed by atoms with van der Waals surface area (Å²) >= 11 is 0. The van der Waals surface area contributed by atoms with Crippen LogP contribution in [0.25, 0.3) is 0 Å². The van der Waals surface area contributed by atoms with E-state index in [4.69, 9.17) is 4.52 Å². The monoisotopic (exact) mass is 447 g/mol. The Morgan fingerprint density at radius 2 is 2.04 bits per heavy atom. The zero-order chi connectivity index (χ0) is 16.7. The van der Waals surface area contributed by atoms with Gasteiger partial charge in [-0.05, 0) is 31.5 Å². The minimum Gasteiger partial charge on any atom is -0.357 e. The molecular weight excluding hydrogens is 424 g/mol. The van der Waals surface area contributed by atoms with Crippen molar-refractivity contribution in [1.82, 2.24) is 20.4 Å². The first-order chi connectivity index (χ1) is 11.1. The van der Waals surface area contributed by atoms with Crippen molar-refractivity contribution in [3.8, 4) is 0 Å².